The third kappa shape index (κ3) is 4.78. The Balaban J connectivity index is 1.78. The van der Waals surface area contributed by atoms with Crippen molar-refractivity contribution in [2.45, 2.75) is 32.2 Å². The lowest BCUT2D eigenvalue weighted by Gasteiger charge is -2.19. The minimum Gasteiger partial charge on any atom is -0.354 e. The van der Waals surface area contributed by atoms with Crippen LogP contribution in [0.25, 0.3) is 0 Å². The molecule has 0 bridgehead atoms. The monoisotopic (exact) mass is 335 g/mol. The molecule has 0 radical (unpaired) electrons. The Morgan fingerprint density at radius 1 is 1.22 bits per heavy atom. The van der Waals surface area contributed by atoms with Crippen LogP contribution >= 0.6 is 0 Å². The van der Waals surface area contributed by atoms with Crippen molar-refractivity contribution in [3.05, 3.63) is 35.9 Å². The molecule has 1 aliphatic carbocycles. The average Bonchev–Trinajstić information content (AvgIpc) is 3.04. The van der Waals surface area contributed by atoms with Gasteiger partial charge < -0.3 is 5.32 Å². The van der Waals surface area contributed by atoms with E-state index in [0.29, 0.717) is 12.8 Å². The average molecular weight is 335 g/mol. The van der Waals surface area contributed by atoms with Gasteiger partial charge in [0.25, 0.3) is 0 Å². The van der Waals surface area contributed by atoms with Gasteiger partial charge in [0.1, 0.15) is 5.41 Å². The van der Waals surface area contributed by atoms with Crippen LogP contribution in [0.1, 0.15) is 31.2 Å². The number of nitriles is 1. The number of nitrogens with one attached hydrogen (secondary N) is 2. The zero-order valence-electron chi connectivity index (χ0n) is 12.9. The maximum Gasteiger partial charge on any atom is 0.240 e. The molecule has 1 aromatic rings. The minimum atomic E-state index is -3.47. The largest absolute Gasteiger partial charge is 0.354 e. The van der Waals surface area contributed by atoms with Crippen molar-refractivity contribution >= 4 is 15.9 Å². The van der Waals surface area contributed by atoms with Crippen LogP contribution in [0.2, 0.25) is 0 Å². The first-order chi connectivity index (χ1) is 11.0. The van der Waals surface area contributed by atoms with Crippen LogP contribution in [0, 0.1) is 16.7 Å². The molecule has 1 aromatic carbocycles. The molecule has 0 aliphatic heterocycles. The second kappa shape index (κ2) is 7.57. The molecule has 0 unspecified atom stereocenters. The Morgan fingerprint density at radius 2 is 1.87 bits per heavy atom. The normalized spacial score (nSPS) is 16.7. The first-order valence-corrected chi connectivity index (χ1v) is 9.33. The fourth-order valence-corrected chi connectivity index (χ4v) is 3.60. The van der Waals surface area contributed by atoms with E-state index in [1.54, 1.807) is 0 Å². The van der Waals surface area contributed by atoms with Crippen molar-refractivity contribution in [1.29, 1.82) is 5.26 Å². The number of amides is 1. The summed E-state index contributed by atoms with van der Waals surface area (Å²) < 4.78 is 26.4. The molecule has 1 saturated carbocycles. The molecular formula is C16H21N3O3S. The van der Waals surface area contributed by atoms with E-state index in [0.717, 1.165) is 18.4 Å². The summed E-state index contributed by atoms with van der Waals surface area (Å²) in [5.74, 6) is -0.552. The molecular weight excluding hydrogens is 314 g/mol. The quantitative estimate of drug-likeness (QED) is 0.784. The van der Waals surface area contributed by atoms with Crippen LogP contribution in [-0.2, 0) is 21.4 Å². The van der Waals surface area contributed by atoms with E-state index in [9.17, 15) is 18.5 Å². The van der Waals surface area contributed by atoms with Crippen LogP contribution in [0.4, 0.5) is 0 Å². The van der Waals surface area contributed by atoms with Crippen LogP contribution in [-0.4, -0.2) is 26.6 Å². The highest BCUT2D eigenvalue weighted by Crippen LogP contribution is 2.37. The van der Waals surface area contributed by atoms with Gasteiger partial charge in [-0.2, -0.15) is 5.26 Å². The summed E-state index contributed by atoms with van der Waals surface area (Å²) in [6.45, 7) is 0.228. The maximum atomic E-state index is 12.1. The Labute approximate surface area is 136 Å². The number of benzene rings is 1. The molecule has 7 heteroatoms. The van der Waals surface area contributed by atoms with Crippen LogP contribution in [0.5, 0.6) is 0 Å². The standard InChI is InChI=1S/C16H21N3O3S/c17-13-16(8-4-5-9-16)15(20)18-10-11-23(21,22)19-12-14-6-2-1-3-7-14/h1-3,6-7,19H,4-5,8-12H2,(H,18,20). The molecule has 1 amide bonds. The molecule has 0 aromatic heterocycles. The summed E-state index contributed by atoms with van der Waals surface area (Å²) >= 11 is 0. The van der Waals surface area contributed by atoms with Crippen LogP contribution < -0.4 is 10.0 Å². The zero-order chi connectivity index (χ0) is 16.8. The van der Waals surface area contributed by atoms with Crippen molar-refractivity contribution in [2.24, 2.45) is 5.41 Å². The Kier molecular flexibility index (Phi) is 5.74. The zero-order valence-corrected chi connectivity index (χ0v) is 13.7. The van der Waals surface area contributed by atoms with E-state index in [2.05, 4.69) is 16.1 Å². The smallest absolute Gasteiger partial charge is 0.240 e. The van der Waals surface area contributed by atoms with Gasteiger partial charge in [-0.3, -0.25) is 4.79 Å². The number of sulfonamides is 1. The van der Waals surface area contributed by atoms with Gasteiger partial charge >= 0.3 is 0 Å². The molecule has 23 heavy (non-hydrogen) atoms. The predicted octanol–water partition coefficient (Wildman–Crippen LogP) is 1.31. The molecule has 6 nitrogen and oxygen atoms in total. The molecule has 0 spiro atoms. The summed E-state index contributed by atoms with van der Waals surface area (Å²) in [6, 6.07) is 11.3. The molecule has 1 fully saturated rings. The van der Waals surface area contributed by atoms with E-state index in [1.165, 1.54) is 0 Å². The highest BCUT2D eigenvalue weighted by molar-refractivity contribution is 7.89. The number of nitrogens with zero attached hydrogens (tertiary/aromatic N) is 1. The van der Waals surface area contributed by atoms with E-state index >= 15 is 0 Å². The number of hydrogen-bond donors (Lipinski definition) is 2. The van der Waals surface area contributed by atoms with Gasteiger partial charge in [-0.1, -0.05) is 43.2 Å². The third-order valence-corrected chi connectivity index (χ3v) is 5.43. The fraction of sp³-hybridized carbons (Fsp3) is 0.500. The molecule has 124 valence electrons. The van der Waals surface area contributed by atoms with Gasteiger partial charge in [0.15, 0.2) is 0 Å². The highest BCUT2D eigenvalue weighted by atomic mass is 32.2. The van der Waals surface area contributed by atoms with Crippen molar-refractivity contribution in [2.75, 3.05) is 12.3 Å². The molecule has 2 N–H and O–H groups in total. The summed E-state index contributed by atoms with van der Waals surface area (Å²) in [4.78, 5) is 12.1. The van der Waals surface area contributed by atoms with E-state index in [1.807, 2.05) is 30.3 Å². The summed E-state index contributed by atoms with van der Waals surface area (Å²) in [5, 5.41) is 11.8. The van der Waals surface area contributed by atoms with Crippen LogP contribution in [0.3, 0.4) is 0 Å². The van der Waals surface area contributed by atoms with E-state index < -0.39 is 15.4 Å². The third-order valence-electron chi connectivity index (χ3n) is 4.10. The highest BCUT2D eigenvalue weighted by Gasteiger charge is 2.41. The van der Waals surface area contributed by atoms with Crippen molar-refractivity contribution in [1.82, 2.24) is 10.0 Å². The van der Waals surface area contributed by atoms with Crippen molar-refractivity contribution in [3.63, 3.8) is 0 Å². The number of carbonyl (C=O) groups excluding carboxylic acids is 1. The number of hydrogen-bond acceptors (Lipinski definition) is 4. The van der Waals surface area contributed by atoms with Crippen LogP contribution in [0.15, 0.2) is 30.3 Å². The first-order valence-electron chi connectivity index (χ1n) is 7.68. The van der Waals surface area contributed by atoms with Gasteiger partial charge in [-0.25, -0.2) is 13.1 Å². The minimum absolute atomic E-state index is 0.00634. The van der Waals surface area contributed by atoms with Gasteiger partial charge in [-0.05, 0) is 18.4 Å². The van der Waals surface area contributed by atoms with Gasteiger partial charge in [-0.15, -0.1) is 0 Å². The SMILES string of the molecule is N#CC1(C(=O)NCCS(=O)(=O)NCc2ccccc2)CCCC1. The van der Waals surface area contributed by atoms with E-state index in [-0.39, 0.29) is 24.7 Å². The van der Waals surface area contributed by atoms with Gasteiger partial charge in [0, 0.05) is 13.1 Å². The fourth-order valence-electron chi connectivity index (χ4n) is 2.70. The Morgan fingerprint density at radius 3 is 2.48 bits per heavy atom. The molecule has 0 saturated heterocycles. The molecule has 0 atom stereocenters. The lowest BCUT2D eigenvalue weighted by Crippen LogP contribution is -2.41. The Hall–Kier alpha value is -1.91. The lowest BCUT2D eigenvalue weighted by molar-refractivity contribution is -0.127. The maximum absolute atomic E-state index is 12.1. The summed E-state index contributed by atoms with van der Waals surface area (Å²) in [7, 11) is -3.47. The topological polar surface area (TPSA) is 99.1 Å². The molecule has 0 heterocycles. The Bertz CT molecular complexity index is 674. The first kappa shape index (κ1) is 17.4. The summed E-state index contributed by atoms with van der Waals surface area (Å²) in [6.07, 6.45) is 2.82. The van der Waals surface area contributed by atoms with Gasteiger partial charge in [0.05, 0.1) is 11.8 Å². The van der Waals surface area contributed by atoms with Crippen molar-refractivity contribution < 1.29 is 13.2 Å². The lowest BCUT2D eigenvalue weighted by atomic mass is 9.87. The molecule has 2 rings (SSSR count). The second-order valence-electron chi connectivity index (χ2n) is 5.78. The predicted molar refractivity (Wildman–Crippen MR) is 86.6 cm³/mol. The summed E-state index contributed by atoms with van der Waals surface area (Å²) in [5.41, 5.74) is -0.101. The second-order valence-corrected chi connectivity index (χ2v) is 7.71. The van der Waals surface area contributed by atoms with Gasteiger partial charge in [0.2, 0.25) is 15.9 Å². The number of rotatable bonds is 7. The molecule has 1 aliphatic rings. The van der Waals surface area contributed by atoms with Crippen molar-refractivity contribution in [3.8, 4) is 6.07 Å². The number of carbonyl (C=O) groups is 1. The van der Waals surface area contributed by atoms with E-state index in [4.69, 9.17) is 0 Å².